The first kappa shape index (κ1) is 11.6. The molecule has 0 aliphatic carbocycles. The Balaban J connectivity index is 1.96. The molecule has 1 fully saturated rings. The number of nitrogens with zero attached hydrogens (tertiary/aromatic N) is 2. The monoisotopic (exact) mass is 242 g/mol. The third kappa shape index (κ3) is 2.11. The van der Waals surface area contributed by atoms with Crippen molar-refractivity contribution in [1.82, 2.24) is 9.97 Å². The van der Waals surface area contributed by atoms with Crippen molar-refractivity contribution in [3.05, 3.63) is 30.6 Å². The van der Waals surface area contributed by atoms with Crippen molar-refractivity contribution in [2.24, 2.45) is 5.41 Å². The minimum Gasteiger partial charge on any atom is -0.407 e. The molecular weight excluding hydrogens is 227 g/mol. The lowest BCUT2D eigenvalue weighted by Gasteiger charge is -2.33. The molecule has 0 N–H and O–H groups in total. The van der Waals surface area contributed by atoms with Gasteiger partial charge in [0, 0.05) is 36.5 Å². The van der Waals surface area contributed by atoms with Crippen LogP contribution >= 0.6 is 0 Å². The Hall–Kier alpha value is -1.46. The first-order valence-electron chi connectivity index (χ1n) is 6.09. The lowest BCUT2D eigenvalue weighted by Crippen LogP contribution is -2.47. The van der Waals surface area contributed by atoms with Crippen molar-refractivity contribution >= 4 is 23.6 Å². The molecule has 0 aromatic carbocycles. The highest BCUT2D eigenvalue weighted by Crippen LogP contribution is 2.22. The molecule has 0 atom stereocenters. The minimum absolute atomic E-state index is 0.0762. The molecule has 1 saturated heterocycles. The Bertz CT molecular complexity index is 558. The summed E-state index contributed by atoms with van der Waals surface area (Å²) in [4.78, 5) is 8.66. The summed E-state index contributed by atoms with van der Waals surface area (Å²) in [5.41, 5.74) is 2.75. The number of aromatic nitrogens is 2. The lowest BCUT2D eigenvalue weighted by atomic mass is 9.75. The summed E-state index contributed by atoms with van der Waals surface area (Å²) < 4.78 is 11.6. The Morgan fingerprint density at radius 2 is 1.89 bits per heavy atom. The van der Waals surface area contributed by atoms with E-state index in [4.69, 9.17) is 9.31 Å². The maximum atomic E-state index is 5.80. The molecule has 0 amide bonds. The van der Waals surface area contributed by atoms with Crippen LogP contribution in [0.2, 0.25) is 0 Å². The number of rotatable bonds is 1. The maximum Gasteiger partial charge on any atom is 0.496 e. The predicted octanol–water partition coefficient (Wildman–Crippen LogP) is 1.40. The summed E-state index contributed by atoms with van der Waals surface area (Å²) >= 11 is 0. The van der Waals surface area contributed by atoms with Crippen molar-refractivity contribution in [3.63, 3.8) is 0 Å². The molecule has 2 aromatic rings. The highest BCUT2D eigenvalue weighted by atomic mass is 16.6. The number of hydrogen-bond acceptors (Lipinski definition) is 4. The van der Waals surface area contributed by atoms with Crippen LogP contribution in [0.25, 0.3) is 11.0 Å². The smallest absolute Gasteiger partial charge is 0.407 e. The van der Waals surface area contributed by atoms with Crippen LogP contribution < -0.4 is 5.46 Å². The summed E-state index contributed by atoms with van der Waals surface area (Å²) in [6.45, 7) is 5.64. The van der Waals surface area contributed by atoms with Gasteiger partial charge in [-0.2, -0.15) is 0 Å². The van der Waals surface area contributed by atoms with Gasteiger partial charge in [-0.05, 0) is 18.2 Å². The molecule has 0 bridgehead atoms. The molecule has 3 rings (SSSR count). The van der Waals surface area contributed by atoms with Gasteiger partial charge >= 0.3 is 7.12 Å². The van der Waals surface area contributed by atoms with Gasteiger partial charge in [0.05, 0.1) is 11.0 Å². The van der Waals surface area contributed by atoms with E-state index in [1.54, 1.807) is 12.4 Å². The fourth-order valence-corrected chi connectivity index (χ4v) is 2.06. The zero-order valence-electron chi connectivity index (χ0n) is 10.6. The zero-order valence-corrected chi connectivity index (χ0v) is 10.6. The first-order chi connectivity index (χ1) is 8.66. The van der Waals surface area contributed by atoms with E-state index >= 15 is 0 Å². The summed E-state index contributed by atoms with van der Waals surface area (Å²) in [5.74, 6) is 0. The van der Waals surface area contributed by atoms with Crippen molar-refractivity contribution in [1.29, 1.82) is 0 Å². The van der Waals surface area contributed by atoms with Crippen molar-refractivity contribution < 1.29 is 9.31 Å². The van der Waals surface area contributed by atoms with Crippen LogP contribution in [-0.2, 0) is 9.31 Å². The Kier molecular flexibility index (Phi) is 2.80. The fraction of sp³-hybridized carbons (Fsp3) is 0.385. The van der Waals surface area contributed by atoms with E-state index in [1.807, 2.05) is 18.2 Å². The molecule has 92 valence electrons. The van der Waals surface area contributed by atoms with Gasteiger partial charge in [0.2, 0.25) is 0 Å². The van der Waals surface area contributed by atoms with Crippen LogP contribution in [0.4, 0.5) is 0 Å². The summed E-state index contributed by atoms with van der Waals surface area (Å²) in [7, 11) is -0.335. The molecule has 1 aliphatic rings. The average molecular weight is 242 g/mol. The largest absolute Gasteiger partial charge is 0.496 e. The van der Waals surface area contributed by atoms with Gasteiger partial charge in [-0.15, -0.1) is 0 Å². The molecule has 18 heavy (non-hydrogen) atoms. The SMILES string of the molecule is CC1(C)COB(c2ccnc3cccnc23)OC1. The molecule has 3 heterocycles. The van der Waals surface area contributed by atoms with Gasteiger partial charge in [-0.3, -0.25) is 9.97 Å². The number of fused-ring (bicyclic) bond motifs is 1. The van der Waals surface area contributed by atoms with E-state index < -0.39 is 0 Å². The first-order valence-corrected chi connectivity index (χ1v) is 6.09. The third-order valence-electron chi connectivity index (χ3n) is 3.03. The summed E-state index contributed by atoms with van der Waals surface area (Å²) in [5, 5.41) is 0. The van der Waals surface area contributed by atoms with Crippen LogP contribution in [0, 0.1) is 5.41 Å². The average Bonchev–Trinajstić information content (AvgIpc) is 2.38. The van der Waals surface area contributed by atoms with E-state index in [0.717, 1.165) is 16.5 Å². The fourth-order valence-electron chi connectivity index (χ4n) is 2.06. The molecule has 0 unspecified atom stereocenters. The maximum absolute atomic E-state index is 5.80. The number of hydrogen-bond donors (Lipinski definition) is 0. The zero-order chi connectivity index (χ0) is 12.6. The second-order valence-electron chi connectivity index (χ2n) is 5.39. The normalized spacial score (nSPS) is 19.1. The molecule has 0 saturated carbocycles. The van der Waals surface area contributed by atoms with Gasteiger partial charge in [-0.25, -0.2) is 0 Å². The minimum atomic E-state index is -0.335. The molecule has 2 aromatic heterocycles. The quantitative estimate of drug-likeness (QED) is 0.709. The predicted molar refractivity (Wildman–Crippen MR) is 70.6 cm³/mol. The molecule has 4 nitrogen and oxygen atoms in total. The molecule has 1 aliphatic heterocycles. The van der Waals surface area contributed by atoms with E-state index in [-0.39, 0.29) is 12.5 Å². The summed E-state index contributed by atoms with van der Waals surface area (Å²) in [6.07, 6.45) is 3.53. The Labute approximate surface area is 106 Å². The second-order valence-corrected chi connectivity index (χ2v) is 5.39. The van der Waals surface area contributed by atoms with Gasteiger partial charge in [0.25, 0.3) is 0 Å². The van der Waals surface area contributed by atoms with Crippen LogP contribution in [0.15, 0.2) is 30.6 Å². The van der Waals surface area contributed by atoms with Gasteiger partial charge < -0.3 is 9.31 Å². The third-order valence-corrected chi connectivity index (χ3v) is 3.03. The lowest BCUT2D eigenvalue weighted by molar-refractivity contribution is 0.0344. The number of pyridine rings is 2. The van der Waals surface area contributed by atoms with Crippen LogP contribution in [0.3, 0.4) is 0 Å². The second kappa shape index (κ2) is 4.33. The molecule has 5 heteroatoms. The van der Waals surface area contributed by atoms with E-state index in [1.165, 1.54) is 0 Å². The van der Waals surface area contributed by atoms with Gasteiger partial charge in [0.15, 0.2) is 0 Å². The van der Waals surface area contributed by atoms with Crippen LogP contribution in [-0.4, -0.2) is 30.3 Å². The summed E-state index contributed by atoms with van der Waals surface area (Å²) in [6, 6.07) is 5.74. The van der Waals surface area contributed by atoms with Crippen molar-refractivity contribution in [3.8, 4) is 0 Å². The Morgan fingerprint density at radius 1 is 1.11 bits per heavy atom. The van der Waals surface area contributed by atoms with Crippen LogP contribution in [0.5, 0.6) is 0 Å². The molecular formula is C13H15BN2O2. The topological polar surface area (TPSA) is 44.2 Å². The van der Waals surface area contributed by atoms with Gasteiger partial charge in [0.1, 0.15) is 0 Å². The van der Waals surface area contributed by atoms with E-state index in [2.05, 4.69) is 23.8 Å². The highest BCUT2D eigenvalue weighted by molar-refractivity contribution is 6.64. The molecule has 0 radical (unpaired) electrons. The van der Waals surface area contributed by atoms with E-state index in [0.29, 0.717) is 13.2 Å². The Morgan fingerprint density at radius 3 is 2.67 bits per heavy atom. The highest BCUT2D eigenvalue weighted by Gasteiger charge is 2.34. The van der Waals surface area contributed by atoms with Crippen LogP contribution in [0.1, 0.15) is 13.8 Å². The van der Waals surface area contributed by atoms with Crippen molar-refractivity contribution in [2.45, 2.75) is 13.8 Å². The molecule has 0 spiro atoms. The standard InChI is InChI=1S/C13H15BN2O2/c1-13(2)8-17-14(18-9-13)10-5-7-15-11-4-3-6-16-12(10)11/h3-7H,8-9H2,1-2H3. The van der Waals surface area contributed by atoms with Gasteiger partial charge in [-0.1, -0.05) is 13.8 Å². The van der Waals surface area contributed by atoms with E-state index in [9.17, 15) is 0 Å². The van der Waals surface area contributed by atoms with Crippen molar-refractivity contribution in [2.75, 3.05) is 13.2 Å².